The summed E-state index contributed by atoms with van der Waals surface area (Å²) >= 11 is 0. The summed E-state index contributed by atoms with van der Waals surface area (Å²) in [5.41, 5.74) is 0. The molecule has 1 atom stereocenters. The van der Waals surface area contributed by atoms with Gasteiger partial charge in [-0.1, -0.05) is 13.8 Å². The van der Waals surface area contributed by atoms with E-state index in [0.717, 1.165) is 12.3 Å². The first-order valence-corrected chi connectivity index (χ1v) is 5.70. The lowest BCUT2D eigenvalue weighted by atomic mass is 10.3. The van der Waals surface area contributed by atoms with Crippen LogP contribution in [-0.2, 0) is 14.3 Å². The normalized spacial score (nSPS) is 17.5. The molecule has 1 rings (SSSR count). The minimum absolute atomic E-state index is 0.375. The lowest BCUT2D eigenvalue weighted by Gasteiger charge is -2.12. The molecule has 0 bridgehead atoms. The predicted octanol–water partition coefficient (Wildman–Crippen LogP) is 2.12. The molecular weight excluding hydrogens is 206 g/mol. The molecule has 1 unspecified atom stereocenters. The van der Waals surface area contributed by atoms with E-state index in [-0.39, 0.29) is 0 Å². The van der Waals surface area contributed by atoms with Crippen molar-refractivity contribution >= 4 is 12.8 Å². The predicted molar refractivity (Wildman–Crippen MR) is 67.5 cm³/mol. The fourth-order valence-electron chi connectivity index (χ4n) is 1.08. The quantitative estimate of drug-likeness (QED) is 0.651. The minimum Gasteiger partial charge on any atom is -0.471 e. The van der Waals surface area contributed by atoms with Gasteiger partial charge in [0.2, 0.25) is 0 Å². The summed E-state index contributed by atoms with van der Waals surface area (Å²) in [6.45, 7) is 9.41. The van der Waals surface area contributed by atoms with Crippen molar-refractivity contribution in [2.24, 2.45) is 0 Å². The fraction of sp³-hybridized carbons (Fsp3) is 0.833. The molecule has 98 valence electrons. The van der Waals surface area contributed by atoms with Crippen LogP contribution in [0.1, 0.15) is 40.5 Å². The maximum absolute atomic E-state index is 8.95. The van der Waals surface area contributed by atoms with Gasteiger partial charge in [0.1, 0.15) is 6.29 Å². The summed E-state index contributed by atoms with van der Waals surface area (Å²) in [6.07, 6.45) is 3.55. The van der Waals surface area contributed by atoms with Crippen molar-refractivity contribution in [3.05, 3.63) is 0 Å². The molecule has 0 aromatic heterocycles. The second-order valence-corrected chi connectivity index (χ2v) is 3.04. The standard InChI is InChI=1S/C6H13N.C2H4O2.C2H4O.C2H6/c1-6-4-3-5-7(6)2;1-4-2-3;1-2-3;1-2/h6H,3-5H2,1-2H3;2H,1H3;2H,1H3;1-2H3. The van der Waals surface area contributed by atoms with Crippen LogP contribution >= 0.6 is 0 Å². The van der Waals surface area contributed by atoms with E-state index in [9.17, 15) is 0 Å². The Morgan fingerprint density at radius 3 is 1.75 bits per heavy atom. The van der Waals surface area contributed by atoms with E-state index in [4.69, 9.17) is 9.59 Å². The summed E-state index contributed by atoms with van der Waals surface area (Å²) in [6, 6.07) is 0.847. The van der Waals surface area contributed by atoms with Gasteiger partial charge in [-0.3, -0.25) is 4.79 Å². The zero-order chi connectivity index (χ0) is 13.4. The third-order valence-corrected chi connectivity index (χ3v) is 1.98. The highest BCUT2D eigenvalue weighted by Gasteiger charge is 2.14. The second-order valence-electron chi connectivity index (χ2n) is 3.04. The van der Waals surface area contributed by atoms with Crippen LogP contribution in [0.3, 0.4) is 0 Å². The zero-order valence-corrected chi connectivity index (χ0v) is 11.5. The molecule has 0 saturated carbocycles. The maximum Gasteiger partial charge on any atom is 0.292 e. The number of ether oxygens (including phenoxy) is 1. The number of rotatable bonds is 1. The van der Waals surface area contributed by atoms with Crippen LogP contribution in [0.4, 0.5) is 0 Å². The number of hydrogen-bond donors (Lipinski definition) is 0. The number of hydrogen-bond acceptors (Lipinski definition) is 4. The van der Waals surface area contributed by atoms with Crippen LogP contribution in [0, 0.1) is 0 Å². The molecule has 0 aromatic carbocycles. The fourth-order valence-corrected chi connectivity index (χ4v) is 1.08. The molecule has 0 spiro atoms. The topological polar surface area (TPSA) is 46.6 Å². The Morgan fingerprint density at radius 1 is 1.31 bits per heavy atom. The number of nitrogens with zero attached hydrogens (tertiary/aromatic N) is 1. The molecule has 1 aliphatic heterocycles. The molecule has 0 amide bonds. The van der Waals surface area contributed by atoms with E-state index in [1.807, 2.05) is 13.8 Å². The Balaban J connectivity index is -0.000000163. The van der Waals surface area contributed by atoms with Gasteiger partial charge in [-0.05, 0) is 40.3 Å². The molecule has 0 aliphatic carbocycles. The van der Waals surface area contributed by atoms with Crippen LogP contribution in [-0.4, -0.2) is 44.4 Å². The molecule has 0 aromatic rings. The first-order chi connectivity index (χ1) is 7.63. The van der Waals surface area contributed by atoms with Gasteiger partial charge in [0.25, 0.3) is 6.47 Å². The van der Waals surface area contributed by atoms with Crippen LogP contribution in [0.25, 0.3) is 0 Å². The van der Waals surface area contributed by atoms with Crippen LogP contribution in [0.5, 0.6) is 0 Å². The van der Waals surface area contributed by atoms with E-state index in [1.54, 1.807) is 0 Å². The molecule has 1 aliphatic rings. The first kappa shape index (κ1) is 20.5. The molecule has 4 nitrogen and oxygen atoms in total. The van der Waals surface area contributed by atoms with Gasteiger partial charge in [0.05, 0.1) is 7.11 Å². The van der Waals surface area contributed by atoms with Gasteiger partial charge >= 0.3 is 0 Å². The molecule has 1 saturated heterocycles. The number of methoxy groups -OCH3 is 1. The van der Waals surface area contributed by atoms with Gasteiger partial charge in [0.15, 0.2) is 0 Å². The van der Waals surface area contributed by atoms with Crippen LogP contribution in [0.15, 0.2) is 0 Å². The Hall–Kier alpha value is -0.900. The monoisotopic (exact) mass is 233 g/mol. The number of carbonyl (C=O) groups excluding carboxylic acids is 2. The summed E-state index contributed by atoms with van der Waals surface area (Å²) in [5, 5.41) is 0. The Morgan fingerprint density at radius 2 is 1.69 bits per heavy atom. The highest BCUT2D eigenvalue weighted by atomic mass is 16.5. The minimum atomic E-state index is 0.375. The van der Waals surface area contributed by atoms with Crippen molar-refractivity contribution in [1.29, 1.82) is 0 Å². The molecule has 0 N–H and O–H groups in total. The smallest absolute Gasteiger partial charge is 0.292 e. The Labute approximate surface area is 100.0 Å². The largest absolute Gasteiger partial charge is 0.471 e. The molecule has 4 heteroatoms. The van der Waals surface area contributed by atoms with Gasteiger partial charge in [-0.25, -0.2) is 0 Å². The summed E-state index contributed by atoms with van der Waals surface area (Å²) in [5.74, 6) is 0. The molecule has 0 radical (unpaired) electrons. The highest BCUT2D eigenvalue weighted by molar-refractivity contribution is 5.44. The number of aldehydes is 1. The molecule has 16 heavy (non-hydrogen) atoms. The van der Waals surface area contributed by atoms with E-state index < -0.39 is 0 Å². The summed E-state index contributed by atoms with van der Waals surface area (Å²) in [7, 11) is 3.50. The van der Waals surface area contributed by atoms with Crippen molar-refractivity contribution in [3.8, 4) is 0 Å². The Kier molecular flexibility index (Phi) is 25.2. The van der Waals surface area contributed by atoms with E-state index in [1.165, 1.54) is 33.4 Å². The highest BCUT2D eigenvalue weighted by Crippen LogP contribution is 2.12. The van der Waals surface area contributed by atoms with Gasteiger partial charge in [-0.15, -0.1) is 0 Å². The van der Waals surface area contributed by atoms with Crippen molar-refractivity contribution in [3.63, 3.8) is 0 Å². The van der Waals surface area contributed by atoms with Crippen molar-refractivity contribution in [2.45, 2.75) is 46.6 Å². The first-order valence-electron chi connectivity index (χ1n) is 5.70. The summed E-state index contributed by atoms with van der Waals surface area (Å²) < 4.78 is 3.86. The Bertz CT molecular complexity index is 132. The van der Waals surface area contributed by atoms with Crippen molar-refractivity contribution in [2.75, 3.05) is 20.7 Å². The average molecular weight is 233 g/mol. The number of carbonyl (C=O) groups is 2. The maximum atomic E-state index is 8.95. The molecule has 1 heterocycles. The summed E-state index contributed by atoms with van der Waals surface area (Å²) in [4.78, 5) is 20.2. The van der Waals surface area contributed by atoms with Crippen LogP contribution in [0.2, 0.25) is 0 Å². The SMILES string of the molecule is CC.CC1CCCN1C.CC=O.COC=O. The van der Waals surface area contributed by atoms with Crippen LogP contribution < -0.4 is 0 Å². The zero-order valence-electron chi connectivity index (χ0n) is 11.5. The van der Waals surface area contributed by atoms with E-state index in [2.05, 4.69) is 23.6 Å². The third kappa shape index (κ3) is 18.8. The van der Waals surface area contributed by atoms with Gasteiger partial charge in [0, 0.05) is 6.04 Å². The van der Waals surface area contributed by atoms with Crippen molar-refractivity contribution < 1.29 is 14.3 Å². The van der Waals surface area contributed by atoms with Gasteiger partial charge in [-0.2, -0.15) is 0 Å². The third-order valence-electron chi connectivity index (χ3n) is 1.98. The second kappa shape index (κ2) is 19.6. The lowest BCUT2D eigenvalue weighted by Crippen LogP contribution is -2.20. The number of likely N-dealkylation sites (tertiary alicyclic amines) is 1. The molecular formula is C12H27NO3. The van der Waals surface area contributed by atoms with E-state index >= 15 is 0 Å². The average Bonchev–Trinajstić information content (AvgIpc) is 2.68. The van der Waals surface area contributed by atoms with Crippen molar-refractivity contribution in [1.82, 2.24) is 4.90 Å². The molecule has 1 fully saturated rings. The lowest BCUT2D eigenvalue weighted by molar-refractivity contribution is -0.126. The van der Waals surface area contributed by atoms with E-state index in [0.29, 0.717) is 6.47 Å². The van der Waals surface area contributed by atoms with Gasteiger partial charge < -0.3 is 14.4 Å².